The third kappa shape index (κ3) is 3.10. The largest absolute Gasteiger partial charge is 0.386 e. The summed E-state index contributed by atoms with van der Waals surface area (Å²) in [7, 11) is 1.59. The Morgan fingerprint density at radius 2 is 1.86 bits per heavy atom. The minimum absolute atomic E-state index is 0.669. The molecule has 0 aliphatic rings. The number of rotatable bonds is 4. The monoisotopic (exact) mass is 195 g/mol. The highest BCUT2D eigenvalue weighted by atomic mass is 16.6. The van der Waals surface area contributed by atoms with Crippen LogP contribution in [0, 0.1) is 0 Å². The summed E-state index contributed by atoms with van der Waals surface area (Å²) in [5.41, 5.74) is 4.03. The maximum Gasteiger partial charge on any atom is 0.0840 e. The Kier molecular flexibility index (Phi) is 3.63. The first-order valence-corrected chi connectivity index (χ1v) is 4.61. The summed E-state index contributed by atoms with van der Waals surface area (Å²) in [6.07, 6.45) is 0. The van der Waals surface area contributed by atoms with E-state index in [0.717, 1.165) is 11.1 Å². The third-order valence-corrected chi connectivity index (χ3v) is 2.08. The van der Waals surface area contributed by atoms with Gasteiger partial charge in [-0.1, -0.05) is 24.3 Å². The third-order valence-electron chi connectivity index (χ3n) is 2.08. The van der Waals surface area contributed by atoms with Gasteiger partial charge in [0, 0.05) is 6.54 Å². The molecule has 0 spiro atoms. The molecule has 0 atom stereocenters. The molecule has 3 heteroatoms. The quantitative estimate of drug-likeness (QED) is 0.716. The van der Waals surface area contributed by atoms with Crippen LogP contribution in [0.15, 0.2) is 24.3 Å². The SMILES string of the molecule is CONCc1ccc(C(C)(C)O)cc1. The van der Waals surface area contributed by atoms with Crippen LogP contribution >= 0.6 is 0 Å². The summed E-state index contributed by atoms with van der Waals surface area (Å²) >= 11 is 0. The van der Waals surface area contributed by atoms with Gasteiger partial charge in [0.2, 0.25) is 0 Å². The van der Waals surface area contributed by atoms with Gasteiger partial charge in [0.25, 0.3) is 0 Å². The first kappa shape index (κ1) is 11.2. The zero-order chi connectivity index (χ0) is 10.6. The molecule has 0 aliphatic heterocycles. The van der Waals surface area contributed by atoms with Gasteiger partial charge in [-0.3, -0.25) is 0 Å². The minimum atomic E-state index is -0.771. The lowest BCUT2D eigenvalue weighted by Gasteiger charge is -2.17. The van der Waals surface area contributed by atoms with Gasteiger partial charge in [-0.15, -0.1) is 0 Å². The van der Waals surface area contributed by atoms with Gasteiger partial charge in [0.1, 0.15) is 0 Å². The lowest BCUT2D eigenvalue weighted by atomic mass is 9.97. The molecular weight excluding hydrogens is 178 g/mol. The fourth-order valence-electron chi connectivity index (χ4n) is 1.19. The van der Waals surface area contributed by atoms with Crippen LogP contribution in [0.3, 0.4) is 0 Å². The zero-order valence-electron chi connectivity index (χ0n) is 8.87. The van der Waals surface area contributed by atoms with E-state index in [1.165, 1.54) is 0 Å². The van der Waals surface area contributed by atoms with Crippen molar-refractivity contribution in [2.45, 2.75) is 26.0 Å². The first-order chi connectivity index (χ1) is 6.54. The van der Waals surface area contributed by atoms with Crippen molar-refractivity contribution in [2.75, 3.05) is 7.11 Å². The Morgan fingerprint density at radius 1 is 1.29 bits per heavy atom. The molecule has 0 saturated heterocycles. The standard InChI is InChI=1S/C11H17NO2/c1-11(2,13)10-6-4-9(5-7-10)8-12-14-3/h4-7,12-13H,8H2,1-3H3. The van der Waals surface area contributed by atoms with E-state index in [0.29, 0.717) is 6.54 Å². The smallest absolute Gasteiger partial charge is 0.0840 e. The molecule has 0 unspecified atom stereocenters. The van der Waals surface area contributed by atoms with Gasteiger partial charge in [0.15, 0.2) is 0 Å². The zero-order valence-corrected chi connectivity index (χ0v) is 8.87. The second-order valence-corrected chi connectivity index (χ2v) is 3.78. The van der Waals surface area contributed by atoms with E-state index in [2.05, 4.69) is 5.48 Å². The number of hydroxylamine groups is 1. The summed E-state index contributed by atoms with van der Waals surface area (Å²) < 4.78 is 0. The molecule has 1 aromatic rings. The van der Waals surface area contributed by atoms with E-state index in [9.17, 15) is 5.11 Å². The van der Waals surface area contributed by atoms with Crippen LogP contribution in [-0.2, 0) is 17.0 Å². The van der Waals surface area contributed by atoms with Crippen LogP contribution in [0.5, 0.6) is 0 Å². The van der Waals surface area contributed by atoms with Crippen molar-refractivity contribution in [3.05, 3.63) is 35.4 Å². The van der Waals surface area contributed by atoms with Gasteiger partial charge >= 0.3 is 0 Å². The van der Waals surface area contributed by atoms with Crippen molar-refractivity contribution in [1.82, 2.24) is 5.48 Å². The number of aliphatic hydroxyl groups is 1. The molecule has 0 aliphatic carbocycles. The average molecular weight is 195 g/mol. The van der Waals surface area contributed by atoms with Crippen LogP contribution in [0.2, 0.25) is 0 Å². The lowest BCUT2D eigenvalue weighted by Crippen LogP contribution is -2.16. The highest BCUT2D eigenvalue weighted by Crippen LogP contribution is 2.19. The molecule has 0 aromatic heterocycles. The molecule has 0 saturated carbocycles. The first-order valence-electron chi connectivity index (χ1n) is 4.61. The van der Waals surface area contributed by atoms with Crippen LogP contribution in [0.25, 0.3) is 0 Å². The van der Waals surface area contributed by atoms with Crippen LogP contribution in [0.4, 0.5) is 0 Å². The van der Waals surface area contributed by atoms with Gasteiger partial charge in [0.05, 0.1) is 12.7 Å². The Bertz CT molecular complexity index is 274. The summed E-state index contributed by atoms with van der Waals surface area (Å²) in [5, 5.41) is 9.72. The predicted molar refractivity (Wildman–Crippen MR) is 55.5 cm³/mol. The highest BCUT2D eigenvalue weighted by Gasteiger charge is 2.14. The predicted octanol–water partition coefficient (Wildman–Crippen LogP) is 1.56. The lowest BCUT2D eigenvalue weighted by molar-refractivity contribution is 0.0783. The fourth-order valence-corrected chi connectivity index (χ4v) is 1.19. The minimum Gasteiger partial charge on any atom is -0.386 e. The Labute approximate surface area is 84.7 Å². The molecule has 0 amide bonds. The Morgan fingerprint density at radius 3 is 2.29 bits per heavy atom. The van der Waals surface area contributed by atoms with Crippen LogP contribution in [-0.4, -0.2) is 12.2 Å². The van der Waals surface area contributed by atoms with Crippen molar-refractivity contribution >= 4 is 0 Å². The highest BCUT2D eigenvalue weighted by molar-refractivity contribution is 5.25. The van der Waals surface area contributed by atoms with Gasteiger partial charge in [-0.25, -0.2) is 0 Å². The van der Waals surface area contributed by atoms with Gasteiger partial charge in [-0.05, 0) is 25.0 Å². The molecule has 2 N–H and O–H groups in total. The molecule has 1 rings (SSSR count). The molecule has 3 nitrogen and oxygen atoms in total. The summed E-state index contributed by atoms with van der Waals surface area (Å²) in [6, 6.07) is 7.79. The molecular formula is C11H17NO2. The van der Waals surface area contributed by atoms with Crippen molar-refractivity contribution < 1.29 is 9.94 Å². The molecule has 0 radical (unpaired) electrons. The van der Waals surface area contributed by atoms with Crippen molar-refractivity contribution in [3.63, 3.8) is 0 Å². The number of hydrogen-bond acceptors (Lipinski definition) is 3. The maximum absolute atomic E-state index is 9.72. The second-order valence-electron chi connectivity index (χ2n) is 3.78. The van der Waals surface area contributed by atoms with Crippen molar-refractivity contribution in [2.24, 2.45) is 0 Å². The van der Waals surface area contributed by atoms with Crippen molar-refractivity contribution in [1.29, 1.82) is 0 Å². The molecule has 1 aromatic carbocycles. The molecule has 0 fully saturated rings. The van der Waals surface area contributed by atoms with Gasteiger partial charge in [-0.2, -0.15) is 5.48 Å². The fraction of sp³-hybridized carbons (Fsp3) is 0.455. The number of hydrogen-bond donors (Lipinski definition) is 2. The maximum atomic E-state index is 9.72. The summed E-state index contributed by atoms with van der Waals surface area (Å²) in [4.78, 5) is 4.74. The van der Waals surface area contributed by atoms with E-state index < -0.39 is 5.60 Å². The molecule has 0 bridgehead atoms. The number of nitrogens with one attached hydrogen (secondary N) is 1. The van der Waals surface area contributed by atoms with Crippen LogP contribution in [0.1, 0.15) is 25.0 Å². The summed E-state index contributed by atoms with van der Waals surface area (Å²) in [5.74, 6) is 0. The van der Waals surface area contributed by atoms with E-state index in [1.807, 2.05) is 24.3 Å². The van der Waals surface area contributed by atoms with E-state index in [1.54, 1.807) is 21.0 Å². The molecule has 0 heterocycles. The van der Waals surface area contributed by atoms with Crippen molar-refractivity contribution in [3.8, 4) is 0 Å². The number of benzene rings is 1. The normalized spacial score (nSPS) is 11.7. The molecule has 78 valence electrons. The summed E-state index contributed by atoms with van der Waals surface area (Å²) in [6.45, 7) is 4.22. The van der Waals surface area contributed by atoms with E-state index >= 15 is 0 Å². The Hall–Kier alpha value is -0.900. The average Bonchev–Trinajstić information content (AvgIpc) is 2.14. The van der Waals surface area contributed by atoms with Gasteiger partial charge < -0.3 is 9.94 Å². The Balaban J connectivity index is 2.69. The van der Waals surface area contributed by atoms with Crippen LogP contribution < -0.4 is 5.48 Å². The second kappa shape index (κ2) is 4.55. The van der Waals surface area contributed by atoms with E-state index in [4.69, 9.17) is 4.84 Å². The topological polar surface area (TPSA) is 41.5 Å². The molecule has 14 heavy (non-hydrogen) atoms. The van der Waals surface area contributed by atoms with E-state index in [-0.39, 0.29) is 0 Å².